The van der Waals surface area contributed by atoms with Gasteiger partial charge in [-0.05, 0) is 43.6 Å². The maximum absolute atomic E-state index is 13.1. The summed E-state index contributed by atoms with van der Waals surface area (Å²) in [6, 6.07) is 6.62. The maximum Gasteiger partial charge on any atom is 0.124 e. The van der Waals surface area contributed by atoms with Crippen molar-refractivity contribution in [2.45, 2.75) is 31.7 Å². The first kappa shape index (κ1) is 13.5. The Labute approximate surface area is 116 Å². The zero-order valence-electron chi connectivity index (χ0n) is 10.2. The summed E-state index contributed by atoms with van der Waals surface area (Å²) in [7, 11) is 0. The smallest absolute Gasteiger partial charge is 0.124 e. The van der Waals surface area contributed by atoms with Gasteiger partial charge in [-0.25, -0.2) is 4.39 Å². The van der Waals surface area contributed by atoms with E-state index in [4.69, 9.17) is 0 Å². The number of rotatable bonds is 2. The Hall–Kier alpha value is -0.920. The molecule has 0 amide bonds. The number of benzene rings is 1. The Balaban J connectivity index is 2.24. The second-order valence-corrected chi connectivity index (χ2v) is 5.50. The number of halogens is 2. The maximum atomic E-state index is 13.1. The molecule has 1 aromatic rings. The van der Waals surface area contributed by atoms with Crippen molar-refractivity contribution in [3.8, 4) is 6.07 Å². The highest BCUT2D eigenvalue weighted by molar-refractivity contribution is 9.10. The lowest BCUT2D eigenvalue weighted by atomic mass is 10.1. The van der Waals surface area contributed by atoms with Crippen molar-refractivity contribution < 1.29 is 4.39 Å². The topological polar surface area (TPSA) is 27.0 Å². The summed E-state index contributed by atoms with van der Waals surface area (Å²) in [5.41, 5.74) is 0.862. The number of hydrogen-bond acceptors (Lipinski definition) is 2. The van der Waals surface area contributed by atoms with Gasteiger partial charge in [-0.1, -0.05) is 34.8 Å². The molecule has 1 atom stereocenters. The van der Waals surface area contributed by atoms with Crippen molar-refractivity contribution in [3.63, 3.8) is 0 Å². The number of hydrogen-bond donors (Lipinski definition) is 0. The molecule has 0 saturated carbocycles. The number of likely N-dealkylation sites (tertiary alicyclic amines) is 1. The van der Waals surface area contributed by atoms with E-state index in [0.29, 0.717) is 4.47 Å². The zero-order chi connectivity index (χ0) is 13.0. The van der Waals surface area contributed by atoms with E-state index in [1.165, 1.54) is 25.0 Å². The summed E-state index contributed by atoms with van der Waals surface area (Å²) < 4.78 is 13.8. The Morgan fingerprint density at radius 2 is 1.89 bits per heavy atom. The first-order chi connectivity index (χ1) is 8.72. The Kier molecular flexibility index (Phi) is 4.73. The molecule has 18 heavy (non-hydrogen) atoms. The van der Waals surface area contributed by atoms with Gasteiger partial charge in [0.25, 0.3) is 0 Å². The predicted octanol–water partition coefficient (Wildman–Crippen LogP) is 4.03. The SMILES string of the molecule is N#CC(c1ccc(F)cc1Br)N1CCCCCC1. The third-order valence-electron chi connectivity index (χ3n) is 3.39. The molecule has 1 aliphatic rings. The second kappa shape index (κ2) is 6.31. The van der Waals surface area contributed by atoms with E-state index in [0.717, 1.165) is 31.5 Å². The molecule has 1 fully saturated rings. The van der Waals surface area contributed by atoms with E-state index < -0.39 is 0 Å². The molecule has 0 aromatic heterocycles. The fourth-order valence-electron chi connectivity index (χ4n) is 2.42. The summed E-state index contributed by atoms with van der Waals surface area (Å²) in [5.74, 6) is -0.279. The molecular formula is C14H16BrFN2. The molecule has 1 heterocycles. The van der Waals surface area contributed by atoms with Crippen molar-refractivity contribution in [3.05, 3.63) is 34.1 Å². The van der Waals surface area contributed by atoms with Gasteiger partial charge in [-0.2, -0.15) is 5.26 Å². The van der Waals surface area contributed by atoms with Crippen LogP contribution < -0.4 is 0 Å². The lowest BCUT2D eigenvalue weighted by Gasteiger charge is -2.26. The highest BCUT2D eigenvalue weighted by Gasteiger charge is 2.23. The van der Waals surface area contributed by atoms with Gasteiger partial charge in [0.1, 0.15) is 11.9 Å². The minimum Gasteiger partial charge on any atom is -0.284 e. The van der Waals surface area contributed by atoms with Gasteiger partial charge >= 0.3 is 0 Å². The molecule has 0 spiro atoms. The molecule has 0 bridgehead atoms. The van der Waals surface area contributed by atoms with Gasteiger partial charge in [0.05, 0.1) is 6.07 Å². The third-order valence-corrected chi connectivity index (χ3v) is 4.07. The van der Waals surface area contributed by atoms with Crippen LogP contribution in [0.5, 0.6) is 0 Å². The third kappa shape index (κ3) is 3.09. The highest BCUT2D eigenvalue weighted by Crippen LogP contribution is 2.29. The van der Waals surface area contributed by atoms with Crippen LogP contribution in [0, 0.1) is 17.1 Å². The molecule has 1 aromatic carbocycles. The molecule has 1 unspecified atom stereocenters. The molecule has 4 heteroatoms. The van der Waals surface area contributed by atoms with Gasteiger partial charge in [-0.3, -0.25) is 4.90 Å². The van der Waals surface area contributed by atoms with Gasteiger partial charge in [-0.15, -0.1) is 0 Å². The zero-order valence-corrected chi connectivity index (χ0v) is 11.8. The molecule has 2 nitrogen and oxygen atoms in total. The van der Waals surface area contributed by atoms with Crippen LogP contribution in [0.25, 0.3) is 0 Å². The molecule has 0 radical (unpaired) electrons. The lowest BCUT2D eigenvalue weighted by Crippen LogP contribution is -2.29. The van der Waals surface area contributed by atoms with Gasteiger partial charge in [0.2, 0.25) is 0 Å². The normalized spacial score (nSPS) is 18.9. The van der Waals surface area contributed by atoms with Crippen LogP contribution in [0.15, 0.2) is 22.7 Å². The minimum atomic E-state index is -0.280. The monoisotopic (exact) mass is 310 g/mol. The molecule has 2 rings (SSSR count). The Morgan fingerprint density at radius 1 is 1.22 bits per heavy atom. The summed E-state index contributed by atoms with van der Waals surface area (Å²) in [4.78, 5) is 2.20. The average Bonchev–Trinajstić information content (AvgIpc) is 2.62. The fourth-order valence-corrected chi connectivity index (χ4v) is 2.99. The van der Waals surface area contributed by atoms with Gasteiger partial charge in [0.15, 0.2) is 0 Å². The van der Waals surface area contributed by atoms with E-state index in [1.807, 2.05) is 0 Å². The van der Waals surface area contributed by atoms with Crippen LogP contribution in [-0.4, -0.2) is 18.0 Å². The second-order valence-electron chi connectivity index (χ2n) is 4.65. The van der Waals surface area contributed by atoms with Crippen LogP contribution in [0.4, 0.5) is 4.39 Å². The van der Waals surface area contributed by atoms with Crippen LogP contribution in [0.2, 0.25) is 0 Å². The number of nitriles is 1. The van der Waals surface area contributed by atoms with Crippen LogP contribution in [-0.2, 0) is 0 Å². The Morgan fingerprint density at radius 3 is 2.44 bits per heavy atom. The summed E-state index contributed by atoms with van der Waals surface area (Å²) in [6.07, 6.45) is 4.74. The van der Waals surface area contributed by atoms with Crippen molar-refractivity contribution in [2.75, 3.05) is 13.1 Å². The van der Waals surface area contributed by atoms with E-state index in [9.17, 15) is 9.65 Å². The molecule has 0 N–H and O–H groups in total. The van der Waals surface area contributed by atoms with Crippen molar-refractivity contribution in [1.82, 2.24) is 4.90 Å². The standard InChI is InChI=1S/C14H16BrFN2/c15-13-9-11(16)5-6-12(13)14(10-17)18-7-3-1-2-4-8-18/h5-6,9,14H,1-4,7-8H2. The van der Waals surface area contributed by atoms with E-state index in [2.05, 4.69) is 26.9 Å². The lowest BCUT2D eigenvalue weighted by molar-refractivity contribution is 0.245. The van der Waals surface area contributed by atoms with Gasteiger partial charge in [0, 0.05) is 4.47 Å². The predicted molar refractivity (Wildman–Crippen MR) is 72.5 cm³/mol. The first-order valence-corrected chi connectivity index (χ1v) is 7.10. The minimum absolute atomic E-state index is 0.279. The van der Waals surface area contributed by atoms with Crippen LogP contribution in [0.3, 0.4) is 0 Å². The van der Waals surface area contributed by atoms with Crippen molar-refractivity contribution in [1.29, 1.82) is 5.26 Å². The summed E-state index contributed by atoms with van der Waals surface area (Å²) >= 11 is 3.36. The molecule has 0 aliphatic carbocycles. The van der Waals surface area contributed by atoms with Crippen molar-refractivity contribution in [2.24, 2.45) is 0 Å². The van der Waals surface area contributed by atoms with E-state index in [1.54, 1.807) is 6.07 Å². The van der Waals surface area contributed by atoms with Crippen LogP contribution in [0.1, 0.15) is 37.3 Å². The summed E-state index contributed by atoms with van der Waals surface area (Å²) in [5, 5.41) is 9.41. The summed E-state index contributed by atoms with van der Waals surface area (Å²) in [6.45, 7) is 1.89. The van der Waals surface area contributed by atoms with Crippen molar-refractivity contribution >= 4 is 15.9 Å². The van der Waals surface area contributed by atoms with E-state index >= 15 is 0 Å². The number of nitrogens with zero attached hydrogens (tertiary/aromatic N) is 2. The quantitative estimate of drug-likeness (QED) is 0.824. The highest BCUT2D eigenvalue weighted by atomic mass is 79.9. The average molecular weight is 311 g/mol. The largest absolute Gasteiger partial charge is 0.284 e. The first-order valence-electron chi connectivity index (χ1n) is 6.31. The van der Waals surface area contributed by atoms with E-state index in [-0.39, 0.29) is 11.9 Å². The van der Waals surface area contributed by atoms with Crippen LogP contribution >= 0.6 is 15.9 Å². The fraction of sp³-hybridized carbons (Fsp3) is 0.500. The molecular weight excluding hydrogens is 295 g/mol. The molecule has 96 valence electrons. The van der Waals surface area contributed by atoms with Gasteiger partial charge < -0.3 is 0 Å². The Bertz CT molecular complexity index is 448. The molecule has 1 saturated heterocycles. The molecule has 1 aliphatic heterocycles.